The summed E-state index contributed by atoms with van der Waals surface area (Å²) in [5.41, 5.74) is 4.49. The van der Waals surface area contributed by atoms with Crippen molar-refractivity contribution in [2.45, 2.75) is 33.9 Å². The molecule has 2 aromatic heterocycles. The van der Waals surface area contributed by atoms with Gasteiger partial charge in [0.1, 0.15) is 13.2 Å². The van der Waals surface area contributed by atoms with E-state index in [1.54, 1.807) is 0 Å². The van der Waals surface area contributed by atoms with E-state index in [2.05, 4.69) is 5.10 Å². The number of Topliss-reactive ketones (excluding diaryl/α,β-unsaturated/α-hetero) is 1. The molecular weight excluding hydrogens is 334 g/mol. The third-order valence-corrected chi connectivity index (χ3v) is 4.30. The van der Waals surface area contributed by atoms with E-state index in [1.165, 1.54) is 7.11 Å². The highest BCUT2D eigenvalue weighted by molar-refractivity contribution is 5.97. The summed E-state index contributed by atoms with van der Waals surface area (Å²) in [5.74, 6) is -0.717. The van der Waals surface area contributed by atoms with Crippen molar-refractivity contribution in [3.63, 3.8) is 0 Å². The van der Waals surface area contributed by atoms with Gasteiger partial charge in [0.25, 0.3) is 0 Å². The van der Waals surface area contributed by atoms with Crippen LogP contribution in [0.3, 0.4) is 0 Å². The van der Waals surface area contributed by atoms with E-state index in [0.29, 0.717) is 5.56 Å². The van der Waals surface area contributed by atoms with Crippen LogP contribution in [-0.2, 0) is 17.9 Å². The summed E-state index contributed by atoms with van der Waals surface area (Å²) in [4.78, 5) is 24.6. The maximum absolute atomic E-state index is 12.8. The van der Waals surface area contributed by atoms with Gasteiger partial charge in [-0.05, 0) is 38.5 Å². The van der Waals surface area contributed by atoms with Crippen molar-refractivity contribution in [2.24, 2.45) is 0 Å². The molecule has 0 saturated carbocycles. The molecule has 0 atom stereocenters. The summed E-state index contributed by atoms with van der Waals surface area (Å²) in [6, 6.07) is 9.83. The van der Waals surface area contributed by atoms with Crippen LogP contribution in [-0.4, -0.2) is 27.2 Å². The fourth-order valence-electron chi connectivity index (χ4n) is 3.08. The quantitative estimate of drug-likeness (QED) is 0.635. The lowest BCUT2D eigenvalue weighted by Gasteiger charge is -2.12. The smallest absolute Gasteiger partial charge is 0.390 e. The molecule has 26 heavy (non-hydrogen) atoms. The second-order valence-corrected chi connectivity index (χ2v) is 6.18. The van der Waals surface area contributed by atoms with E-state index >= 15 is 0 Å². The lowest BCUT2D eigenvalue weighted by Crippen LogP contribution is -2.22. The molecule has 0 aliphatic carbocycles. The van der Waals surface area contributed by atoms with Gasteiger partial charge >= 0.3 is 5.76 Å². The molecule has 0 radical (unpaired) electrons. The normalized spacial score (nSPS) is 11.1. The lowest BCUT2D eigenvalue weighted by atomic mass is 10.1. The molecule has 7 heteroatoms. The molecule has 0 unspecified atom stereocenters. The van der Waals surface area contributed by atoms with Crippen molar-refractivity contribution in [1.29, 1.82) is 0 Å². The summed E-state index contributed by atoms with van der Waals surface area (Å²) in [5, 5.41) is 3.98. The zero-order valence-electron chi connectivity index (χ0n) is 15.3. The van der Waals surface area contributed by atoms with Gasteiger partial charge < -0.3 is 13.7 Å². The van der Waals surface area contributed by atoms with Crippen molar-refractivity contribution in [3.8, 4) is 5.69 Å². The molecule has 0 amide bonds. The maximum atomic E-state index is 12.8. The SMILES string of the molecule is COCc1nn(CC(=O)c2cc(C)n(-c3ccccc3C)c2C)c(=O)o1. The summed E-state index contributed by atoms with van der Waals surface area (Å²) in [6.07, 6.45) is 0. The molecule has 2 heterocycles. The first-order valence-corrected chi connectivity index (χ1v) is 8.26. The molecule has 0 fully saturated rings. The topological polar surface area (TPSA) is 79.3 Å². The highest BCUT2D eigenvalue weighted by Gasteiger charge is 2.19. The van der Waals surface area contributed by atoms with Crippen molar-refractivity contribution < 1.29 is 13.9 Å². The van der Waals surface area contributed by atoms with E-state index in [1.807, 2.05) is 55.7 Å². The number of hydrogen-bond donors (Lipinski definition) is 0. The first-order valence-electron chi connectivity index (χ1n) is 8.26. The number of nitrogens with zero attached hydrogens (tertiary/aromatic N) is 3. The maximum Gasteiger partial charge on any atom is 0.437 e. The number of aryl methyl sites for hydroxylation is 2. The lowest BCUT2D eigenvalue weighted by molar-refractivity contribution is 0.0964. The van der Waals surface area contributed by atoms with Crippen LogP contribution < -0.4 is 5.76 Å². The number of ketones is 1. The molecule has 3 rings (SSSR count). The van der Waals surface area contributed by atoms with Gasteiger partial charge in [-0.2, -0.15) is 4.68 Å². The molecule has 3 aromatic rings. The van der Waals surface area contributed by atoms with E-state index in [-0.39, 0.29) is 24.8 Å². The molecular formula is C19H21N3O4. The average molecular weight is 355 g/mol. The van der Waals surface area contributed by atoms with Crippen LogP contribution in [0.1, 0.15) is 33.2 Å². The number of hydrogen-bond acceptors (Lipinski definition) is 5. The number of aromatic nitrogens is 3. The largest absolute Gasteiger partial charge is 0.437 e. The Labute approximate surface area is 150 Å². The molecule has 0 spiro atoms. The predicted molar refractivity (Wildman–Crippen MR) is 95.8 cm³/mol. The molecule has 0 aliphatic heterocycles. The molecule has 0 aliphatic rings. The van der Waals surface area contributed by atoms with Gasteiger partial charge in [-0.15, -0.1) is 5.10 Å². The zero-order valence-corrected chi connectivity index (χ0v) is 15.3. The van der Waals surface area contributed by atoms with Crippen molar-refractivity contribution >= 4 is 5.78 Å². The Morgan fingerprint density at radius 2 is 1.96 bits per heavy atom. The molecule has 1 aromatic carbocycles. The monoisotopic (exact) mass is 355 g/mol. The highest BCUT2D eigenvalue weighted by atomic mass is 16.5. The molecule has 0 bridgehead atoms. The molecule has 7 nitrogen and oxygen atoms in total. The zero-order chi connectivity index (χ0) is 18.8. The van der Waals surface area contributed by atoms with E-state index in [0.717, 1.165) is 27.3 Å². The third-order valence-electron chi connectivity index (χ3n) is 4.30. The number of ether oxygens (including phenoxy) is 1. The first kappa shape index (κ1) is 17.9. The summed E-state index contributed by atoms with van der Waals surface area (Å²) in [7, 11) is 1.48. The summed E-state index contributed by atoms with van der Waals surface area (Å²) in [6.45, 7) is 5.79. The van der Waals surface area contributed by atoms with Crippen molar-refractivity contribution in [3.05, 3.63) is 69.3 Å². The highest BCUT2D eigenvalue weighted by Crippen LogP contribution is 2.23. The van der Waals surface area contributed by atoms with E-state index in [9.17, 15) is 9.59 Å². The Kier molecular flexibility index (Phi) is 4.90. The number of methoxy groups -OCH3 is 1. The fraction of sp³-hybridized carbons (Fsp3) is 0.316. The minimum Gasteiger partial charge on any atom is -0.390 e. The van der Waals surface area contributed by atoms with Gasteiger partial charge in [0.15, 0.2) is 5.78 Å². The molecule has 136 valence electrons. The standard InChI is InChI=1S/C19H21N3O4/c1-12-7-5-6-8-16(12)22-13(2)9-15(14(22)3)17(23)10-21-19(24)26-18(20-21)11-25-4/h5-9H,10-11H2,1-4H3. The van der Waals surface area contributed by atoms with Crippen molar-refractivity contribution in [1.82, 2.24) is 14.3 Å². The number of benzene rings is 1. The van der Waals surface area contributed by atoms with E-state index < -0.39 is 5.76 Å². The second kappa shape index (κ2) is 7.13. The second-order valence-electron chi connectivity index (χ2n) is 6.18. The van der Waals surface area contributed by atoms with Crippen LogP contribution in [0.25, 0.3) is 5.69 Å². The van der Waals surface area contributed by atoms with Crippen LogP contribution in [0.2, 0.25) is 0 Å². The van der Waals surface area contributed by atoms with E-state index in [4.69, 9.17) is 9.15 Å². The van der Waals surface area contributed by atoms with Gasteiger partial charge in [0.2, 0.25) is 5.89 Å². The van der Waals surface area contributed by atoms with Gasteiger partial charge in [0, 0.05) is 29.7 Å². The van der Waals surface area contributed by atoms with Crippen molar-refractivity contribution in [2.75, 3.05) is 7.11 Å². The Balaban J connectivity index is 1.93. The third kappa shape index (κ3) is 3.25. The molecule has 0 saturated heterocycles. The Morgan fingerprint density at radius 1 is 1.23 bits per heavy atom. The molecule has 0 N–H and O–H groups in total. The van der Waals surface area contributed by atoms with Crippen LogP contribution in [0.5, 0.6) is 0 Å². The Morgan fingerprint density at radius 3 is 2.65 bits per heavy atom. The van der Waals surface area contributed by atoms with Gasteiger partial charge in [-0.3, -0.25) is 4.79 Å². The number of carbonyl (C=O) groups is 1. The fourth-order valence-corrected chi connectivity index (χ4v) is 3.08. The Hall–Kier alpha value is -2.93. The minimum atomic E-state index is -0.668. The van der Waals surface area contributed by atoms with Crippen LogP contribution in [0, 0.1) is 20.8 Å². The summed E-state index contributed by atoms with van der Waals surface area (Å²) >= 11 is 0. The van der Waals surface area contributed by atoms with Crippen LogP contribution in [0.15, 0.2) is 39.5 Å². The van der Waals surface area contributed by atoms with Crippen LogP contribution >= 0.6 is 0 Å². The predicted octanol–water partition coefficient (Wildman–Crippen LogP) is 2.58. The van der Waals surface area contributed by atoms with Gasteiger partial charge in [-0.25, -0.2) is 4.79 Å². The Bertz CT molecular complexity index is 1010. The summed E-state index contributed by atoms with van der Waals surface area (Å²) < 4.78 is 12.9. The number of rotatable bonds is 6. The minimum absolute atomic E-state index is 0.0816. The average Bonchev–Trinajstić information content (AvgIpc) is 3.08. The first-order chi connectivity index (χ1) is 12.4. The number of para-hydroxylation sites is 1. The number of carbonyl (C=O) groups excluding carboxylic acids is 1. The van der Waals surface area contributed by atoms with Crippen LogP contribution in [0.4, 0.5) is 0 Å². The van der Waals surface area contributed by atoms with Gasteiger partial charge in [0.05, 0.1) is 0 Å². The van der Waals surface area contributed by atoms with Gasteiger partial charge in [-0.1, -0.05) is 18.2 Å².